The van der Waals surface area contributed by atoms with Crippen LogP contribution in [0.15, 0.2) is 30.3 Å². The van der Waals surface area contributed by atoms with Gasteiger partial charge in [0.15, 0.2) is 9.58 Å². The van der Waals surface area contributed by atoms with E-state index in [1.165, 1.54) is 0 Å². The van der Waals surface area contributed by atoms with Crippen molar-refractivity contribution in [1.29, 1.82) is 0 Å². The molecule has 22 heavy (non-hydrogen) atoms. The summed E-state index contributed by atoms with van der Waals surface area (Å²) in [5, 5.41) is 0.764. The van der Waals surface area contributed by atoms with Crippen LogP contribution >= 0.6 is 10.5 Å². The van der Waals surface area contributed by atoms with Gasteiger partial charge in [-0.3, -0.25) is 0 Å². The zero-order valence-electron chi connectivity index (χ0n) is 11.4. The van der Waals surface area contributed by atoms with Crippen LogP contribution in [-0.2, 0) is 5.51 Å². The van der Waals surface area contributed by atoms with E-state index in [-0.39, 0.29) is 5.92 Å². The number of fused-ring (bicyclic) bond motifs is 1. The fourth-order valence-corrected chi connectivity index (χ4v) is 5.04. The first-order valence-corrected chi connectivity index (χ1v) is 10.5. The third-order valence-corrected chi connectivity index (χ3v) is 5.86. The van der Waals surface area contributed by atoms with Crippen molar-refractivity contribution in [1.82, 2.24) is 0 Å². The first-order chi connectivity index (χ1) is 10.3. The minimum absolute atomic E-state index is 0.141. The van der Waals surface area contributed by atoms with Crippen molar-refractivity contribution in [3.63, 3.8) is 0 Å². The van der Waals surface area contributed by atoms with Crippen molar-refractivity contribution >= 4 is 20.6 Å². The molecule has 1 aromatic heterocycles. The molecule has 0 aliphatic heterocycles. The maximum atomic E-state index is 13.3. The van der Waals surface area contributed by atoms with Gasteiger partial charge in [-0.1, -0.05) is 25.0 Å². The maximum absolute atomic E-state index is 13.3. The smallest absolute Gasteiger partial charge is 0.427 e. The molecular formula is C14H14F3IO3S. The zero-order chi connectivity index (χ0) is 16.3. The standard InChI is InChI=1S/C14H14F3S.IO3/c15-14(16,17)18-12-8-4-3-7-11(12)9-13(18)10-5-1-2-6-10;2-1(3)4/h3-4,7-10H,1-2,5-6H2;/q+1;-1. The van der Waals surface area contributed by atoms with Crippen LogP contribution in [0.1, 0.15) is 36.5 Å². The minimum Gasteiger partial charge on any atom is -0.427 e. The van der Waals surface area contributed by atoms with Crippen LogP contribution in [-0.4, -0.2) is 0 Å². The van der Waals surface area contributed by atoms with E-state index in [4.69, 9.17) is 10.3 Å². The Hall–Kier alpha value is -0.420. The SMILES string of the molecule is FC(F)(F)[s+]1c(C2CCCC2)cc2ccccc21.[O-][I+2]([O-])[O-]. The molecular weight excluding hydrogens is 432 g/mol. The average Bonchev–Trinajstić information content (AvgIpc) is 3.04. The van der Waals surface area contributed by atoms with Gasteiger partial charge in [-0.15, -0.1) is 13.2 Å². The molecule has 0 spiro atoms. The van der Waals surface area contributed by atoms with Crippen LogP contribution in [0.3, 0.4) is 0 Å². The Morgan fingerprint density at radius 1 is 1.05 bits per heavy atom. The molecule has 0 amide bonds. The summed E-state index contributed by atoms with van der Waals surface area (Å²) < 4.78 is 66.1. The lowest BCUT2D eigenvalue weighted by Crippen LogP contribution is -4.05. The Kier molecular flexibility index (Phi) is 6.06. The number of hydrogen-bond donors (Lipinski definition) is 0. The van der Waals surface area contributed by atoms with Crippen molar-refractivity contribution in [2.45, 2.75) is 37.1 Å². The van der Waals surface area contributed by atoms with E-state index in [0.29, 0.717) is 9.58 Å². The minimum atomic E-state index is -4.14. The third-order valence-electron chi connectivity index (χ3n) is 3.66. The molecule has 0 bridgehead atoms. The van der Waals surface area contributed by atoms with Gasteiger partial charge in [0, 0.05) is 17.4 Å². The van der Waals surface area contributed by atoms with Gasteiger partial charge in [0.05, 0.1) is 10.5 Å². The topological polar surface area (TPSA) is 69.2 Å². The van der Waals surface area contributed by atoms with Crippen molar-refractivity contribution < 1.29 is 44.5 Å². The molecule has 0 N–H and O–H groups in total. The summed E-state index contributed by atoms with van der Waals surface area (Å²) in [6.07, 6.45) is 3.96. The normalized spacial score (nSPS) is 17.0. The van der Waals surface area contributed by atoms with Gasteiger partial charge in [0.1, 0.15) is 0 Å². The van der Waals surface area contributed by atoms with Crippen LogP contribution in [0.4, 0.5) is 13.2 Å². The van der Waals surface area contributed by atoms with E-state index in [9.17, 15) is 13.2 Å². The molecule has 1 aliphatic rings. The van der Waals surface area contributed by atoms with E-state index in [1.54, 1.807) is 24.3 Å². The predicted octanol–water partition coefficient (Wildman–Crippen LogP) is -0.840. The molecule has 8 heteroatoms. The average molecular weight is 446 g/mol. The fraction of sp³-hybridized carbons (Fsp3) is 0.429. The third kappa shape index (κ3) is 4.31. The van der Waals surface area contributed by atoms with Crippen LogP contribution in [0, 0.1) is 0 Å². The second-order valence-corrected chi connectivity index (χ2v) is 8.07. The lowest BCUT2D eigenvalue weighted by Gasteiger charge is -2.05. The molecule has 1 atom stereocenters. The number of thiophene rings is 1. The summed E-state index contributed by atoms with van der Waals surface area (Å²) >= 11 is -4.01. The van der Waals surface area contributed by atoms with Gasteiger partial charge in [0.25, 0.3) is 21.1 Å². The molecule has 122 valence electrons. The summed E-state index contributed by atoms with van der Waals surface area (Å²) in [5.74, 6) is 0.141. The lowest BCUT2D eigenvalue weighted by atomic mass is 10.1. The number of alkyl halides is 3. The van der Waals surface area contributed by atoms with Gasteiger partial charge >= 0.3 is 5.51 Å². The highest BCUT2D eigenvalue weighted by Gasteiger charge is 2.49. The predicted molar refractivity (Wildman–Crippen MR) is 68.9 cm³/mol. The Balaban J connectivity index is 0.000000396. The lowest BCUT2D eigenvalue weighted by molar-refractivity contribution is -1.73. The van der Waals surface area contributed by atoms with Gasteiger partial charge in [-0.2, -0.15) is 0 Å². The molecule has 1 aromatic carbocycles. The molecule has 1 aliphatic carbocycles. The van der Waals surface area contributed by atoms with Crippen LogP contribution in [0.5, 0.6) is 0 Å². The highest BCUT2D eigenvalue weighted by Crippen LogP contribution is 2.55. The summed E-state index contributed by atoms with van der Waals surface area (Å²) in [7, 11) is -1.69. The summed E-state index contributed by atoms with van der Waals surface area (Å²) in [4.78, 5) is 0.626. The Morgan fingerprint density at radius 3 is 2.14 bits per heavy atom. The largest absolute Gasteiger partial charge is 0.600 e. The highest BCUT2D eigenvalue weighted by molar-refractivity contribution is 7.38. The molecule has 3 rings (SSSR count). The molecule has 1 unspecified atom stereocenters. The molecule has 1 fully saturated rings. The van der Waals surface area contributed by atoms with E-state index in [1.807, 2.05) is 6.07 Å². The first kappa shape index (κ1) is 17.9. The van der Waals surface area contributed by atoms with Crippen LogP contribution < -0.4 is 31.4 Å². The van der Waals surface area contributed by atoms with Gasteiger partial charge in [-0.05, 0) is 25.0 Å². The van der Waals surface area contributed by atoms with Crippen molar-refractivity contribution in [3.8, 4) is 0 Å². The second-order valence-electron chi connectivity index (χ2n) is 5.01. The molecule has 0 saturated heterocycles. The number of benzene rings is 1. The van der Waals surface area contributed by atoms with E-state index in [0.717, 1.165) is 31.1 Å². The second kappa shape index (κ2) is 7.43. The van der Waals surface area contributed by atoms with Gasteiger partial charge in [0.2, 0.25) is 0 Å². The Bertz CT molecular complexity index is 619. The van der Waals surface area contributed by atoms with E-state index >= 15 is 0 Å². The maximum Gasteiger partial charge on any atom is 0.600 e. The number of hydrogen-bond acceptors (Lipinski definition) is 3. The summed E-state index contributed by atoms with van der Waals surface area (Å²) in [6, 6.07) is 8.73. The first-order valence-electron chi connectivity index (χ1n) is 6.65. The van der Waals surface area contributed by atoms with E-state index in [2.05, 4.69) is 0 Å². The Morgan fingerprint density at radius 2 is 1.59 bits per heavy atom. The van der Waals surface area contributed by atoms with E-state index < -0.39 is 37.0 Å². The van der Waals surface area contributed by atoms with Crippen molar-refractivity contribution in [2.75, 3.05) is 0 Å². The Labute approximate surface area is 137 Å². The monoisotopic (exact) mass is 446 g/mol. The highest BCUT2D eigenvalue weighted by atomic mass is 127. The quantitative estimate of drug-likeness (QED) is 0.424. The fourth-order valence-electron chi connectivity index (χ4n) is 2.88. The molecule has 3 nitrogen and oxygen atoms in total. The van der Waals surface area contributed by atoms with Crippen LogP contribution in [0.2, 0.25) is 0 Å². The summed E-state index contributed by atoms with van der Waals surface area (Å²) in [5.41, 5.74) is -4.14. The molecule has 1 saturated carbocycles. The number of halogens is 4. The zero-order valence-corrected chi connectivity index (χ0v) is 14.4. The number of rotatable bonds is 1. The van der Waals surface area contributed by atoms with Crippen LogP contribution in [0.25, 0.3) is 10.1 Å². The molecule has 1 heterocycles. The van der Waals surface area contributed by atoms with Gasteiger partial charge in [-0.25, -0.2) is 0 Å². The molecule has 0 radical (unpaired) electrons. The van der Waals surface area contributed by atoms with Gasteiger partial charge < -0.3 is 10.3 Å². The van der Waals surface area contributed by atoms with Crippen molar-refractivity contribution in [2.24, 2.45) is 0 Å². The summed E-state index contributed by atoms with van der Waals surface area (Å²) in [6.45, 7) is 0. The molecule has 2 aromatic rings. The van der Waals surface area contributed by atoms with Crippen molar-refractivity contribution in [3.05, 3.63) is 35.2 Å².